The maximum atomic E-state index is 14.7. The number of aromatic nitrogens is 3. The first-order valence-corrected chi connectivity index (χ1v) is 25.6. The van der Waals surface area contributed by atoms with Crippen molar-refractivity contribution in [2.45, 2.75) is 117 Å². The van der Waals surface area contributed by atoms with Crippen LogP contribution in [0.1, 0.15) is 83.2 Å². The fourth-order valence-electron chi connectivity index (χ4n) is 10.6. The van der Waals surface area contributed by atoms with Gasteiger partial charge >= 0.3 is 12.0 Å². The SMILES string of the molecule is CCn1c(-c2cccnc2[C@H](C)OC)c2c3cc(ccc31)-c1csc(n1)CC(NC(=O)[C@H](C(C)C)N(C)C(=O)N1C[C@H]3[C@@H]1CCN3C(=O)/C=C/CN(C)C)C(=O)N1CCC[C@H](N1)C(=O)OCC(C)(C)C2. The first-order chi connectivity index (χ1) is 33.4. The summed E-state index contributed by atoms with van der Waals surface area (Å²) in [4.78, 5) is 87.5. The number of likely N-dealkylation sites (N-methyl/N-ethyl adjacent to an activating group) is 2. The van der Waals surface area contributed by atoms with Gasteiger partial charge in [-0.2, -0.15) is 0 Å². The number of nitrogens with zero attached hydrogens (tertiary/aromatic N) is 8. The molecule has 0 radical (unpaired) electrons. The molecule has 8 rings (SSSR count). The summed E-state index contributed by atoms with van der Waals surface area (Å²) in [6.45, 7) is 14.8. The maximum absolute atomic E-state index is 14.7. The van der Waals surface area contributed by atoms with Crippen molar-refractivity contribution < 1.29 is 33.4 Å². The molecule has 3 fully saturated rings. The maximum Gasteiger partial charge on any atom is 0.324 e. The number of carbonyl (C=O) groups excluding carboxylic acids is 5. The molecule has 1 unspecified atom stereocenters. The van der Waals surface area contributed by atoms with Crippen molar-refractivity contribution in [2.75, 3.05) is 61.0 Å². The number of hydrogen-bond donors (Lipinski definition) is 2. The summed E-state index contributed by atoms with van der Waals surface area (Å²) in [6, 6.07) is 7.10. The number of nitrogens with one attached hydrogen (secondary N) is 2. The number of carbonyl (C=O) groups is 5. The van der Waals surface area contributed by atoms with Gasteiger partial charge in [0.1, 0.15) is 18.1 Å². The number of benzene rings is 1. The number of ether oxygens (including phenoxy) is 2. The highest BCUT2D eigenvalue weighted by molar-refractivity contribution is 7.10. The minimum Gasteiger partial charge on any atom is -0.464 e. The Morgan fingerprint density at radius 1 is 1.07 bits per heavy atom. The number of methoxy groups -OCH3 is 1. The van der Waals surface area contributed by atoms with E-state index in [1.165, 1.54) is 21.2 Å². The van der Waals surface area contributed by atoms with Crippen LogP contribution in [-0.2, 0) is 48.0 Å². The van der Waals surface area contributed by atoms with E-state index in [1.54, 1.807) is 31.3 Å². The molecule has 4 aromatic rings. The number of thiazole rings is 1. The van der Waals surface area contributed by atoms with Crippen LogP contribution in [0.25, 0.3) is 33.4 Å². The lowest BCUT2D eigenvalue weighted by molar-refractivity contribution is -0.155. The number of urea groups is 1. The standard InChI is InChI=1S/C52H70N10O7S/c1-11-59-40-19-18-33-25-35(40)36(47(59)34-15-12-21-53-45(34)32(4)68-10)27-52(5,6)30-69-50(66)37-16-13-23-62(56-37)49(65)38(26-43-54-39(33)29-70-43)55-48(64)46(31(2)3)58(9)51(67)61-28-42-41(61)20-24-60(42)44(63)17-14-22-57(7)8/h12,14-15,17-19,21,25,29,31-32,37-38,41-42,46,56H,11,13,16,20,22-24,26-28,30H2,1-10H3,(H,55,64)/b17-14+/t32-,37-,38?,41-,42-,46-/m0/s1. The molecule has 18 heteroatoms. The number of hydrogen-bond acceptors (Lipinski definition) is 12. The van der Waals surface area contributed by atoms with Crippen LogP contribution >= 0.6 is 11.3 Å². The summed E-state index contributed by atoms with van der Waals surface area (Å²) < 4.78 is 14.3. The van der Waals surface area contributed by atoms with Gasteiger partial charge in [-0.1, -0.05) is 39.8 Å². The Morgan fingerprint density at radius 2 is 1.86 bits per heavy atom. The van der Waals surface area contributed by atoms with Crippen LogP contribution in [0.5, 0.6) is 0 Å². The summed E-state index contributed by atoms with van der Waals surface area (Å²) in [5.74, 6) is -1.73. The van der Waals surface area contributed by atoms with Gasteiger partial charge in [0.05, 0.1) is 46.9 Å². The zero-order valence-corrected chi connectivity index (χ0v) is 43.2. The molecule has 4 aliphatic rings. The molecule has 0 saturated carbocycles. The van der Waals surface area contributed by atoms with Crippen molar-refractivity contribution in [3.05, 3.63) is 70.3 Å². The Bertz CT molecular complexity index is 2640. The summed E-state index contributed by atoms with van der Waals surface area (Å²) in [5, 5.41) is 8.15. The number of rotatable bonds is 11. The van der Waals surface area contributed by atoms with Crippen molar-refractivity contribution in [1.82, 2.24) is 49.9 Å². The molecule has 3 aromatic heterocycles. The van der Waals surface area contributed by atoms with Crippen molar-refractivity contribution in [1.29, 1.82) is 0 Å². The Kier molecular flexibility index (Phi) is 15.2. The van der Waals surface area contributed by atoms with Crippen LogP contribution in [0.4, 0.5) is 4.79 Å². The van der Waals surface area contributed by atoms with E-state index < -0.39 is 41.3 Å². The highest BCUT2D eigenvalue weighted by Crippen LogP contribution is 2.42. The smallest absolute Gasteiger partial charge is 0.324 e. The average molecular weight is 979 g/mol. The molecule has 1 aromatic carbocycles. The van der Waals surface area contributed by atoms with Crippen LogP contribution < -0.4 is 10.7 Å². The van der Waals surface area contributed by atoms with Crippen LogP contribution in [-0.4, -0.2) is 160 Å². The molecule has 2 N–H and O–H groups in total. The quantitative estimate of drug-likeness (QED) is 0.140. The Labute approximate surface area is 415 Å². The first-order valence-electron chi connectivity index (χ1n) is 24.7. The number of amides is 5. The van der Waals surface area contributed by atoms with E-state index in [2.05, 4.69) is 60.3 Å². The lowest BCUT2D eigenvalue weighted by Gasteiger charge is -2.48. The fraction of sp³-hybridized carbons (Fsp3) is 0.558. The summed E-state index contributed by atoms with van der Waals surface area (Å²) in [6.07, 6.45) is 7.29. The largest absolute Gasteiger partial charge is 0.464 e. The van der Waals surface area contributed by atoms with Crippen molar-refractivity contribution in [2.24, 2.45) is 11.3 Å². The highest BCUT2D eigenvalue weighted by atomic mass is 32.1. The number of likely N-dealkylation sites (tertiary alicyclic amines) is 2. The van der Waals surface area contributed by atoms with Crippen molar-refractivity contribution in [3.63, 3.8) is 0 Å². The van der Waals surface area contributed by atoms with Gasteiger partial charge in [0.15, 0.2) is 0 Å². The van der Waals surface area contributed by atoms with Gasteiger partial charge in [-0.25, -0.2) is 15.2 Å². The topological polar surface area (TPSA) is 175 Å². The summed E-state index contributed by atoms with van der Waals surface area (Å²) in [7, 11) is 7.19. The number of aryl methyl sites for hydroxylation is 1. The van der Waals surface area contributed by atoms with Crippen LogP contribution in [0, 0.1) is 11.3 Å². The molecular formula is C52H70N10O7S. The second-order valence-corrected chi connectivity index (χ2v) is 21.6. The lowest BCUT2D eigenvalue weighted by Crippen LogP contribution is -2.68. The van der Waals surface area contributed by atoms with Crippen LogP contribution in [0.3, 0.4) is 0 Å². The Balaban J connectivity index is 1.10. The first kappa shape index (κ1) is 50.7. The van der Waals surface area contributed by atoms with E-state index in [-0.39, 0.29) is 49.1 Å². The molecule has 376 valence electrons. The summed E-state index contributed by atoms with van der Waals surface area (Å²) in [5.41, 5.74) is 9.28. The normalized spacial score (nSPS) is 22.5. The third-order valence-electron chi connectivity index (χ3n) is 14.3. The zero-order chi connectivity index (χ0) is 50.2. The minimum atomic E-state index is -1.09. The monoisotopic (exact) mass is 979 g/mol. The Hall–Kier alpha value is -5.69. The minimum absolute atomic E-state index is 0.0640. The van der Waals surface area contributed by atoms with Crippen molar-refractivity contribution in [3.8, 4) is 22.5 Å². The van der Waals surface area contributed by atoms with Crippen LogP contribution in [0.2, 0.25) is 0 Å². The molecule has 4 aliphatic heterocycles. The van der Waals surface area contributed by atoms with E-state index >= 15 is 0 Å². The van der Waals surface area contributed by atoms with Crippen LogP contribution in [0.15, 0.2) is 54.1 Å². The predicted octanol–water partition coefficient (Wildman–Crippen LogP) is 5.68. The molecular weight excluding hydrogens is 909 g/mol. The molecule has 3 saturated heterocycles. The number of cyclic esters (lactones) is 1. The third-order valence-corrected chi connectivity index (χ3v) is 15.2. The van der Waals surface area contributed by atoms with Gasteiger partial charge in [-0.05, 0) is 89.4 Å². The molecule has 6 bridgehead atoms. The van der Waals surface area contributed by atoms with Gasteiger partial charge in [-0.3, -0.25) is 29.2 Å². The molecule has 7 heterocycles. The third kappa shape index (κ3) is 10.2. The number of hydrazine groups is 1. The van der Waals surface area contributed by atoms with Gasteiger partial charge in [0.25, 0.3) is 5.91 Å². The lowest BCUT2D eigenvalue weighted by atomic mass is 9.84. The van der Waals surface area contributed by atoms with Gasteiger partial charge in [0, 0.05) is 98.4 Å². The molecule has 0 aliphatic carbocycles. The zero-order valence-electron chi connectivity index (χ0n) is 42.4. The Morgan fingerprint density at radius 3 is 2.59 bits per heavy atom. The van der Waals surface area contributed by atoms with Gasteiger partial charge < -0.3 is 39.0 Å². The van der Waals surface area contributed by atoms with E-state index in [4.69, 9.17) is 19.4 Å². The van der Waals surface area contributed by atoms with Crippen molar-refractivity contribution >= 4 is 52.0 Å². The molecule has 17 nitrogen and oxygen atoms in total. The fourth-order valence-corrected chi connectivity index (χ4v) is 11.5. The molecule has 0 spiro atoms. The molecule has 5 amide bonds. The molecule has 6 atom stereocenters. The van der Waals surface area contributed by atoms with E-state index in [1.807, 2.05) is 62.2 Å². The van der Waals surface area contributed by atoms with E-state index in [0.29, 0.717) is 63.4 Å². The van der Waals surface area contributed by atoms with Gasteiger partial charge in [0.2, 0.25) is 11.8 Å². The predicted molar refractivity (Wildman–Crippen MR) is 269 cm³/mol. The number of fused-ring (bicyclic) bond motifs is 7. The van der Waals surface area contributed by atoms with E-state index in [0.717, 1.165) is 44.7 Å². The average Bonchev–Trinajstić information content (AvgIpc) is 4.02. The highest BCUT2D eigenvalue weighted by Gasteiger charge is 2.52. The van der Waals surface area contributed by atoms with E-state index in [9.17, 15) is 24.0 Å². The van der Waals surface area contributed by atoms with Gasteiger partial charge in [-0.15, -0.1) is 11.3 Å². The molecule has 70 heavy (non-hydrogen) atoms. The second kappa shape index (κ2) is 21.0. The number of esters is 1. The second-order valence-electron chi connectivity index (χ2n) is 20.6. The summed E-state index contributed by atoms with van der Waals surface area (Å²) >= 11 is 1.41. The number of pyridine rings is 1.